The molecule has 46 heavy (non-hydrogen) atoms. The quantitative estimate of drug-likeness (QED) is 0.158. The fourth-order valence-corrected chi connectivity index (χ4v) is 5.78. The van der Waals surface area contributed by atoms with E-state index in [4.69, 9.17) is 9.72 Å². The number of rotatable bonds is 6. The smallest absolute Gasteiger partial charge is 0.0421 e. The number of aromatic nitrogens is 3. The Morgan fingerprint density at radius 1 is 0.696 bits per heavy atom. The zero-order chi connectivity index (χ0) is 31.2. The zero-order valence-electron chi connectivity index (χ0n) is 26.6. The predicted molar refractivity (Wildman–Crippen MR) is 181 cm³/mol. The molecule has 0 spiro atoms. The number of hydrogen-bond acceptors (Lipinski definition) is 4. The number of pyridine rings is 1. The maximum Gasteiger partial charge on any atom is 0.0421 e. The van der Waals surface area contributed by atoms with Gasteiger partial charge in [0.25, 0.3) is 0 Å². The minimum absolute atomic E-state index is 0. The van der Waals surface area contributed by atoms with Gasteiger partial charge in [-0.25, -0.2) is 0 Å². The third kappa shape index (κ3) is 6.00. The molecule has 0 amide bonds. The van der Waals surface area contributed by atoms with Crippen LogP contribution in [0.4, 0.5) is 11.4 Å². The van der Waals surface area contributed by atoms with Crippen LogP contribution in [0.3, 0.4) is 0 Å². The second-order valence-electron chi connectivity index (χ2n) is 13.0. The SMILES string of the molecule is CC(C)(C)c1cc(Oc2[c-]c(-c3cc(C(C)(C)c4ccccc4)ccn3)ccc2)[c-]c(N2[CH-]n3ccnc3-c3ccccc32)c1.[Pt]. The summed E-state index contributed by atoms with van der Waals surface area (Å²) in [7, 11) is 0. The minimum Gasteiger partial charge on any atom is -0.503 e. The van der Waals surface area contributed by atoms with Gasteiger partial charge in [0.15, 0.2) is 0 Å². The van der Waals surface area contributed by atoms with Crippen LogP contribution in [0.5, 0.6) is 11.5 Å². The molecule has 1 aliphatic heterocycles. The van der Waals surface area contributed by atoms with E-state index in [-0.39, 0.29) is 31.9 Å². The molecular formula is C40H35N4OPt-3. The Hall–Kier alpha value is -4.60. The Morgan fingerprint density at radius 2 is 1.48 bits per heavy atom. The molecule has 7 rings (SSSR count). The van der Waals surface area contributed by atoms with E-state index >= 15 is 0 Å². The summed E-state index contributed by atoms with van der Waals surface area (Å²) in [6.45, 7) is 13.2. The molecule has 6 heteroatoms. The van der Waals surface area contributed by atoms with Crippen molar-refractivity contribution in [3.8, 4) is 34.1 Å². The van der Waals surface area contributed by atoms with Gasteiger partial charge < -0.3 is 24.2 Å². The third-order valence-corrected chi connectivity index (χ3v) is 8.51. The predicted octanol–water partition coefficient (Wildman–Crippen LogP) is 9.74. The van der Waals surface area contributed by atoms with Crippen LogP contribution in [0.2, 0.25) is 0 Å². The number of para-hydroxylation sites is 1. The molecule has 3 heterocycles. The van der Waals surface area contributed by atoms with Crippen molar-refractivity contribution >= 4 is 11.4 Å². The van der Waals surface area contributed by atoms with E-state index in [0.717, 1.165) is 39.6 Å². The van der Waals surface area contributed by atoms with Crippen LogP contribution in [0, 0.1) is 18.8 Å². The third-order valence-electron chi connectivity index (χ3n) is 8.51. The number of fused-ring (bicyclic) bond motifs is 3. The molecule has 5 nitrogen and oxygen atoms in total. The van der Waals surface area contributed by atoms with Crippen molar-refractivity contribution in [1.82, 2.24) is 14.5 Å². The summed E-state index contributed by atoms with van der Waals surface area (Å²) >= 11 is 0. The number of benzene rings is 4. The van der Waals surface area contributed by atoms with E-state index in [1.165, 1.54) is 11.1 Å². The molecular weight excluding hydrogens is 748 g/mol. The summed E-state index contributed by atoms with van der Waals surface area (Å²) in [5.74, 6) is 2.15. The van der Waals surface area contributed by atoms with Crippen LogP contribution in [-0.2, 0) is 31.9 Å². The summed E-state index contributed by atoms with van der Waals surface area (Å²) < 4.78 is 8.56. The molecule has 1 aliphatic rings. The summed E-state index contributed by atoms with van der Waals surface area (Å²) in [4.78, 5) is 11.4. The van der Waals surface area contributed by atoms with Crippen molar-refractivity contribution in [1.29, 1.82) is 0 Å². The van der Waals surface area contributed by atoms with Gasteiger partial charge in [0.2, 0.25) is 0 Å². The van der Waals surface area contributed by atoms with Gasteiger partial charge in [0, 0.05) is 55.7 Å². The van der Waals surface area contributed by atoms with Crippen LogP contribution >= 0.6 is 0 Å². The molecule has 0 atom stereocenters. The molecule has 6 aromatic rings. The van der Waals surface area contributed by atoms with Crippen molar-refractivity contribution < 1.29 is 25.8 Å². The van der Waals surface area contributed by atoms with Gasteiger partial charge in [0.05, 0.1) is 0 Å². The van der Waals surface area contributed by atoms with Gasteiger partial charge in [-0.15, -0.1) is 47.5 Å². The summed E-state index contributed by atoms with van der Waals surface area (Å²) in [5.41, 5.74) is 8.02. The van der Waals surface area contributed by atoms with E-state index in [2.05, 4.69) is 130 Å². The number of ether oxygens (including phenoxy) is 1. The largest absolute Gasteiger partial charge is 0.503 e. The number of nitrogens with zero attached hydrogens (tertiary/aromatic N) is 4. The summed E-state index contributed by atoms with van der Waals surface area (Å²) in [5, 5.41) is 0. The van der Waals surface area contributed by atoms with Crippen molar-refractivity contribution in [2.75, 3.05) is 4.90 Å². The van der Waals surface area contributed by atoms with E-state index in [9.17, 15) is 0 Å². The number of anilines is 2. The maximum atomic E-state index is 6.52. The van der Waals surface area contributed by atoms with Crippen molar-refractivity contribution in [2.24, 2.45) is 0 Å². The molecule has 0 unspecified atom stereocenters. The molecule has 0 bridgehead atoms. The summed E-state index contributed by atoms with van der Waals surface area (Å²) in [6, 6.07) is 40.3. The number of imidazole rings is 1. The van der Waals surface area contributed by atoms with E-state index in [0.29, 0.717) is 11.5 Å². The first-order valence-corrected chi connectivity index (χ1v) is 15.2. The van der Waals surface area contributed by atoms with Gasteiger partial charge in [-0.3, -0.25) is 0 Å². The molecule has 2 aromatic heterocycles. The normalized spacial score (nSPS) is 12.4. The Kier molecular flexibility index (Phi) is 8.39. The van der Waals surface area contributed by atoms with Crippen molar-refractivity contribution in [2.45, 2.75) is 45.4 Å². The average Bonchev–Trinajstić information content (AvgIpc) is 3.54. The summed E-state index contributed by atoms with van der Waals surface area (Å²) in [6.07, 6.45) is 5.67. The van der Waals surface area contributed by atoms with Gasteiger partial charge in [-0.05, 0) is 52.8 Å². The molecule has 0 aliphatic carbocycles. The molecule has 0 N–H and O–H groups in total. The van der Waals surface area contributed by atoms with Gasteiger partial charge in [0.1, 0.15) is 0 Å². The first-order valence-electron chi connectivity index (χ1n) is 15.2. The second kappa shape index (κ2) is 12.3. The standard InChI is InChI=1S/C40H35N4O.Pt/c1-39(2,3)31-23-32(44-27-43-21-20-42-38(43)35-16-9-10-17-37(35)44)26-34(24-31)45-33-15-11-12-28(22-33)36-25-30(18-19-41-36)40(4,5)29-13-7-6-8-14-29;/h6-21,23-25,27H,1-5H3;/q-3;. The van der Waals surface area contributed by atoms with E-state index in [1.54, 1.807) is 0 Å². The van der Waals surface area contributed by atoms with Crippen molar-refractivity contribution in [3.05, 3.63) is 151 Å². The van der Waals surface area contributed by atoms with Crippen LogP contribution in [0.15, 0.2) is 116 Å². The molecule has 4 aromatic carbocycles. The molecule has 234 valence electrons. The molecule has 0 saturated carbocycles. The maximum absolute atomic E-state index is 6.52. The molecule has 0 fully saturated rings. The average molecular weight is 783 g/mol. The minimum atomic E-state index is -0.173. The van der Waals surface area contributed by atoms with E-state index in [1.807, 2.05) is 53.5 Å². The Labute approximate surface area is 286 Å². The van der Waals surface area contributed by atoms with Crippen LogP contribution in [-0.4, -0.2) is 14.5 Å². The topological polar surface area (TPSA) is 43.2 Å². The Morgan fingerprint density at radius 3 is 2.28 bits per heavy atom. The Balaban J connectivity index is 0.00000372. The monoisotopic (exact) mass is 782 g/mol. The fraction of sp³-hybridized carbons (Fsp3) is 0.175. The second-order valence-corrected chi connectivity index (χ2v) is 13.0. The molecule has 0 radical (unpaired) electrons. The van der Waals surface area contributed by atoms with Gasteiger partial charge in [-0.2, -0.15) is 0 Å². The van der Waals surface area contributed by atoms with Gasteiger partial charge in [-0.1, -0.05) is 107 Å². The molecule has 0 saturated heterocycles. The van der Waals surface area contributed by atoms with Crippen LogP contribution in [0.1, 0.15) is 51.3 Å². The van der Waals surface area contributed by atoms with E-state index < -0.39 is 0 Å². The zero-order valence-corrected chi connectivity index (χ0v) is 28.8. The fourth-order valence-electron chi connectivity index (χ4n) is 5.78. The van der Waals surface area contributed by atoms with Crippen molar-refractivity contribution in [3.63, 3.8) is 0 Å². The Bertz CT molecular complexity index is 1990. The van der Waals surface area contributed by atoms with Gasteiger partial charge >= 0.3 is 0 Å². The van der Waals surface area contributed by atoms with Crippen LogP contribution in [0.25, 0.3) is 22.6 Å². The first-order chi connectivity index (χ1) is 21.7. The number of hydrogen-bond donors (Lipinski definition) is 0. The van der Waals surface area contributed by atoms with Crippen LogP contribution < -0.4 is 9.64 Å². The first kappa shape index (κ1) is 31.4.